The van der Waals surface area contributed by atoms with Crippen LogP contribution in [-0.2, 0) is 22.1 Å². The zero-order valence-corrected chi connectivity index (χ0v) is 9.96. The van der Waals surface area contributed by atoms with Gasteiger partial charge in [-0.25, -0.2) is 13.8 Å². The minimum atomic E-state index is -4.97. The molecule has 0 atom stereocenters. The molecule has 0 fully saturated rings. The van der Waals surface area contributed by atoms with Gasteiger partial charge in [0.25, 0.3) is 6.43 Å². The van der Waals surface area contributed by atoms with Crippen LogP contribution in [0.3, 0.4) is 0 Å². The number of halogens is 5. The van der Waals surface area contributed by atoms with Crippen molar-refractivity contribution >= 4 is 5.97 Å². The molecule has 0 aliphatic heterocycles. The van der Waals surface area contributed by atoms with Gasteiger partial charge in [0.05, 0.1) is 24.8 Å². The monoisotopic (exact) mass is 294 g/mol. The predicted molar refractivity (Wildman–Crippen MR) is 54.6 cm³/mol. The molecular formula is C11H7F5N2O2. The summed E-state index contributed by atoms with van der Waals surface area (Å²) in [5.74, 6) is -0.992. The number of alkyl halides is 5. The number of nitriles is 1. The van der Waals surface area contributed by atoms with Crippen LogP contribution in [0.15, 0.2) is 6.07 Å². The summed E-state index contributed by atoms with van der Waals surface area (Å²) in [6.07, 6.45) is -9.07. The van der Waals surface area contributed by atoms with Gasteiger partial charge >= 0.3 is 12.1 Å². The van der Waals surface area contributed by atoms with E-state index in [1.54, 1.807) is 0 Å². The van der Waals surface area contributed by atoms with Crippen LogP contribution in [0.5, 0.6) is 0 Å². The molecule has 9 heteroatoms. The molecule has 0 saturated carbocycles. The molecule has 0 saturated heterocycles. The summed E-state index contributed by atoms with van der Waals surface area (Å²) in [7, 11) is 0.968. The van der Waals surface area contributed by atoms with E-state index in [0.29, 0.717) is 0 Å². The Balaban J connectivity index is 3.50. The van der Waals surface area contributed by atoms with E-state index in [1.165, 1.54) is 6.07 Å². The molecule has 1 rings (SSSR count). The first kappa shape index (κ1) is 15.8. The highest BCUT2D eigenvalue weighted by atomic mass is 19.4. The molecule has 0 aliphatic rings. The zero-order chi connectivity index (χ0) is 15.5. The van der Waals surface area contributed by atoms with Crippen LogP contribution in [0.1, 0.15) is 28.9 Å². The van der Waals surface area contributed by atoms with Crippen molar-refractivity contribution in [3.05, 3.63) is 28.6 Å². The van der Waals surface area contributed by atoms with Crippen molar-refractivity contribution < 1.29 is 31.5 Å². The number of rotatable bonds is 3. The molecule has 1 heterocycles. The quantitative estimate of drug-likeness (QED) is 0.635. The largest absolute Gasteiger partial charge is 0.469 e. The molecule has 0 bridgehead atoms. The molecule has 4 nitrogen and oxygen atoms in total. The summed E-state index contributed by atoms with van der Waals surface area (Å²) < 4.78 is 67.3. The van der Waals surface area contributed by atoms with Gasteiger partial charge < -0.3 is 4.74 Å². The Labute approximate surface area is 109 Å². The van der Waals surface area contributed by atoms with Crippen molar-refractivity contribution in [3.8, 4) is 6.07 Å². The molecule has 1 aromatic rings. The van der Waals surface area contributed by atoms with Crippen molar-refractivity contribution in [2.75, 3.05) is 7.11 Å². The molecule has 0 aromatic carbocycles. The highest BCUT2D eigenvalue weighted by molar-refractivity contribution is 5.73. The third kappa shape index (κ3) is 3.40. The average Bonchev–Trinajstić information content (AvgIpc) is 2.36. The van der Waals surface area contributed by atoms with Crippen LogP contribution >= 0.6 is 0 Å². The number of hydrogen-bond acceptors (Lipinski definition) is 4. The van der Waals surface area contributed by atoms with Crippen LogP contribution in [0, 0.1) is 11.3 Å². The van der Waals surface area contributed by atoms with E-state index < -0.39 is 47.5 Å². The normalized spacial score (nSPS) is 11.3. The van der Waals surface area contributed by atoms with Gasteiger partial charge in [0, 0.05) is 5.56 Å². The lowest BCUT2D eigenvalue weighted by molar-refractivity contribution is -0.143. The maximum Gasteiger partial charge on any atom is 0.433 e. The van der Waals surface area contributed by atoms with Crippen molar-refractivity contribution in [1.29, 1.82) is 5.26 Å². The number of carbonyl (C=O) groups is 1. The summed E-state index contributed by atoms with van der Waals surface area (Å²) in [5.41, 5.74) is -4.15. The van der Waals surface area contributed by atoms with Crippen molar-refractivity contribution in [2.24, 2.45) is 0 Å². The molecular weight excluding hydrogens is 287 g/mol. The second-order valence-electron chi connectivity index (χ2n) is 3.58. The second-order valence-corrected chi connectivity index (χ2v) is 3.58. The molecule has 0 aliphatic carbocycles. The number of ether oxygens (including phenoxy) is 1. The SMILES string of the molecule is COC(=O)Cc1nc(C(F)(F)F)cc(C(F)F)c1C#N. The van der Waals surface area contributed by atoms with E-state index in [1.807, 2.05) is 0 Å². The number of carbonyl (C=O) groups excluding carboxylic acids is 1. The maximum absolute atomic E-state index is 12.7. The number of nitrogens with zero attached hydrogens (tertiary/aromatic N) is 2. The van der Waals surface area contributed by atoms with Gasteiger partial charge in [0.1, 0.15) is 11.8 Å². The van der Waals surface area contributed by atoms with E-state index in [4.69, 9.17) is 5.26 Å². The summed E-state index contributed by atoms with van der Waals surface area (Å²) >= 11 is 0. The van der Waals surface area contributed by atoms with Crippen LogP contribution in [0.4, 0.5) is 22.0 Å². The van der Waals surface area contributed by atoms with Crippen LogP contribution in [0.25, 0.3) is 0 Å². The fraction of sp³-hybridized carbons (Fsp3) is 0.364. The summed E-state index contributed by atoms with van der Waals surface area (Å²) in [6.45, 7) is 0. The molecule has 108 valence electrons. The Morgan fingerprint density at radius 1 is 1.50 bits per heavy atom. The summed E-state index contributed by atoms with van der Waals surface area (Å²) in [4.78, 5) is 14.1. The van der Waals surface area contributed by atoms with E-state index in [2.05, 4.69) is 9.72 Å². The highest BCUT2D eigenvalue weighted by Crippen LogP contribution is 2.33. The molecule has 0 N–H and O–H groups in total. The predicted octanol–water partition coefficient (Wildman–Crippen LogP) is 2.63. The van der Waals surface area contributed by atoms with E-state index in [0.717, 1.165) is 7.11 Å². The van der Waals surface area contributed by atoms with Crippen molar-refractivity contribution in [3.63, 3.8) is 0 Å². The highest BCUT2D eigenvalue weighted by Gasteiger charge is 2.35. The van der Waals surface area contributed by atoms with E-state index in [-0.39, 0.29) is 6.07 Å². The smallest absolute Gasteiger partial charge is 0.433 e. The Morgan fingerprint density at radius 3 is 2.50 bits per heavy atom. The van der Waals surface area contributed by atoms with E-state index >= 15 is 0 Å². The van der Waals surface area contributed by atoms with Gasteiger partial charge in [-0.05, 0) is 6.07 Å². The van der Waals surface area contributed by atoms with Gasteiger partial charge in [-0.15, -0.1) is 0 Å². The zero-order valence-electron chi connectivity index (χ0n) is 9.96. The molecule has 1 aromatic heterocycles. The lowest BCUT2D eigenvalue weighted by Crippen LogP contribution is -2.16. The Kier molecular flexibility index (Phi) is 4.60. The summed E-state index contributed by atoms with van der Waals surface area (Å²) in [6, 6.07) is 1.44. The first-order valence-corrected chi connectivity index (χ1v) is 5.06. The lowest BCUT2D eigenvalue weighted by atomic mass is 10.0. The van der Waals surface area contributed by atoms with Crippen LogP contribution in [0.2, 0.25) is 0 Å². The molecule has 0 unspecified atom stereocenters. The fourth-order valence-electron chi connectivity index (χ4n) is 1.40. The number of esters is 1. The number of methoxy groups -OCH3 is 1. The second kappa shape index (κ2) is 5.81. The number of aromatic nitrogens is 1. The van der Waals surface area contributed by atoms with Crippen LogP contribution in [-0.4, -0.2) is 18.1 Å². The minimum Gasteiger partial charge on any atom is -0.469 e. The minimum absolute atomic E-state index is 0.101. The standard InChI is InChI=1S/C11H7F5N2O2/c1-20-9(19)3-7-6(4-17)5(10(12)13)2-8(18-7)11(14,15)16/h2,10H,3H2,1H3. The maximum atomic E-state index is 12.7. The molecule has 0 spiro atoms. The van der Waals surface area contributed by atoms with Gasteiger partial charge in [-0.2, -0.15) is 18.4 Å². The number of pyridine rings is 1. The Hall–Kier alpha value is -2.24. The van der Waals surface area contributed by atoms with Crippen LogP contribution < -0.4 is 0 Å². The first-order valence-electron chi connectivity index (χ1n) is 5.06. The molecule has 0 radical (unpaired) electrons. The summed E-state index contributed by atoms with van der Waals surface area (Å²) in [5, 5.41) is 8.77. The lowest BCUT2D eigenvalue weighted by Gasteiger charge is -2.12. The van der Waals surface area contributed by atoms with E-state index in [9.17, 15) is 26.7 Å². The van der Waals surface area contributed by atoms with Gasteiger partial charge in [0.15, 0.2) is 0 Å². The average molecular weight is 294 g/mol. The number of hydrogen-bond donors (Lipinski definition) is 0. The molecule has 0 amide bonds. The Morgan fingerprint density at radius 2 is 2.10 bits per heavy atom. The van der Waals surface area contributed by atoms with Gasteiger partial charge in [-0.3, -0.25) is 4.79 Å². The molecule has 20 heavy (non-hydrogen) atoms. The van der Waals surface area contributed by atoms with Crippen molar-refractivity contribution in [2.45, 2.75) is 19.0 Å². The van der Waals surface area contributed by atoms with Crippen molar-refractivity contribution in [1.82, 2.24) is 4.98 Å². The fourth-order valence-corrected chi connectivity index (χ4v) is 1.40. The Bertz CT molecular complexity index is 563. The third-order valence-electron chi connectivity index (χ3n) is 2.30. The third-order valence-corrected chi connectivity index (χ3v) is 2.30. The van der Waals surface area contributed by atoms with Gasteiger partial charge in [-0.1, -0.05) is 0 Å². The topological polar surface area (TPSA) is 63.0 Å². The first-order chi connectivity index (χ1) is 9.20. The van der Waals surface area contributed by atoms with Gasteiger partial charge in [0.2, 0.25) is 0 Å².